The van der Waals surface area contributed by atoms with E-state index in [9.17, 15) is 0 Å². The zero-order valence-electron chi connectivity index (χ0n) is 17.4. The van der Waals surface area contributed by atoms with Gasteiger partial charge in [-0.2, -0.15) is 0 Å². The molecule has 25 heavy (non-hydrogen) atoms. The first-order valence-electron chi connectivity index (χ1n) is 11.7. The highest BCUT2D eigenvalue weighted by atomic mass is 14.8. The summed E-state index contributed by atoms with van der Waals surface area (Å²) in [6, 6.07) is 0. The van der Waals surface area contributed by atoms with E-state index in [1.165, 1.54) is 38.6 Å². The SMILES string of the molecule is CC[C@]12CCC(C)CC1CCC1C3CCCC(CNC)C3(C)CCC12. The highest BCUT2D eigenvalue weighted by molar-refractivity contribution is 5.08. The topological polar surface area (TPSA) is 12.0 Å². The van der Waals surface area contributed by atoms with Crippen LogP contribution in [0.4, 0.5) is 0 Å². The van der Waals surface area contributed by atoms with E-state index in [0.29, 0.717) is 5.41 Å². The molecule has 0 saturated heterocycles. The maximum atomic E-state index is 3.54. The van der Waals surface area contributed by atoms with Gasteiger partial charge in [0.2, 0.25) is 0 Å². The van der Waals surface area contributed by atoms with Crippen molar-refractivity contribution < 1.29 is 0 Å². The van der Waals surface area contributed by atoms with Gasteiger partial charge in [0.15, 0.2) is 0 Å². The van der Waals surface area contributed by atoms with Crippen LogP contribution >= 0.6 is 0 Å². The molecule has 4 saturated carbocycles. The van der Waals surface area contributed by atoms with Crippen molar-refractivity contribution in [2.75, 3.05) is 13.6 Å². The molecule has 0 aromatic rings. The van der Waals surface area contributed by atoms with E-state index in [1.807, 2.05) is 0 Å². The lowest BCUT2D eigenvalue weighted by Gasteiger charge is -2.65. The lowest BCUT2D eigenvalue weighted by atomic mass is 9.40. The smallest absolute Gasteiger partial charge is 0.00182 e. The van der Waals surface area contributed by atoms with Crippen LogP contribution in [-0.4, -0.2) is 13.6 Å². The number of hydrogen-bond acceptors (Lipinski definition) is 1. The first-order valence-corrected chi connectivity index (χ1v) is 11.7. The molecule has 0 heterocycles. The number of hydrogen-bond donors (Lipinski definition) is 1. The zero-order valence-corrected chi connectivity index (χ0v) is 17.4. The summed E-state index contributed by atoms with van der Waals surface area (Å²) in [5.74, 6) is 6.13. The molecule has 0 aliphatic heterocycles. The standard InChI is InChI=1S/C24H43N/c1-5-24-14-11-17(2)15-18(24)9-10-20-21-8-6-7-19(16-25-4)23(21,3)13-12-22(20)24/h17-22,25H,5-16H2,1-4H3/t17?,18?,19?,20?,21?,22?,23?,24-/m0/s1. The van der Waals surface area contributed by atoms with Crippen LogP contribution in [0.3, 0.4) is 0 Å². The van der Waals surface area contributed by atoms with Crippen LogP contribution in [0.25, 0.3) is 0 Å². The highest BCUT2D eigenvalue weighted by Crippen LogP contribution is 2.67. The lowest BCUT2D eigenvalue weighted by molar-refractivity contribution is -0.152. The van der Waals surface area contributed by atoms with Crippen molar-refractivity contribution in [3.63, 3.8) is 0 Å². The molecule has 4 aliphatic carbocycles. The molecule has 0 amide bonds. The first kappa shape index (κ1) is 18.3. The molecule has 0 aromatic carbocycles. The average Bonchev–Trinajstić information content (AvgIpc) is 2.62. The van der Waals surface area contributed by atoms with E-state index in [-0.39, 0.29) is 0 Å². The third-order valence-corrected chi connectivity index (χ3v) is 10.2. The minimum atomic E-state index is 0.631. The van der Waals surface area contributed by atoms with Crippen molar-refractivity contribution >= 4 is 0 Å². The Labute approximate surface area is 157 Å². The predicted molar refractivity (Wildman–Crippen MR) is 108 cm³/mol. The van der Waals surface area contributed by atoms with Gasteiger partial charge < -0.3 is 5.32 Å². The van der Waals surface area contributed by atoms with E-state index in [2.05, 4.69) is 33.1 Å². The molecule has 8 atom stereocenters. The average molecular weight is 346 g/mol. The molecule has 0 spiro atoms. The van der Waals surface area contributed by atoms with Crippen molar-refractivity contribution in [1.29, 1.82) is 0 Å². The highest BCUT2D eigenvalue weighted by Gasteiger charge is 2.59. The Bertz CT molecular complexity index is 471. The van der Waals surface area contributed by atoms with E-state index < -0.39 is 0 Å². The second kappa shape index (κ2) is 6.84. The van der Waals surface area contributed by atoms with Gasteiger partial charge in [0.25, 0.3) is 0 Å². The molecule has 1 heteroatoms. The van der Waals surface area contributed by atoms with Gasteiger partial charge in [-0.1, -0.05) is 33.6 Å². The van der Waals surface area contributed by atoms with Gasteiger partial charge in [-0.25, -0.2) is 0 Å². The molecule has 0 radical (unpaired) electrons. The minimum Gasteiger partial charge on any atom is -0.319 e. The molecule has 1 nitrogen and oxygen atoms in total. The fourth-order valence-corrected chi connectivity index (χ4v) is 8.87. The lowest BCUT2D eigenvalue weighted by Crippen LogP contribution is -2.57. The molecule has 4 rings (SSSR count). The van der Waals surface area contributed by atoms with Gasteiger partial charge in [0.05, 0.1) is 0 Å². The Balaban J connectivity index is 1.62. The normalized spacial score (nSPS) is 52.8. The second-order valence-electron chi connectivity index (χ2n) is 10.8. The maximum Gasteiger partial charge on any atom is -0.00182 e. The molecule has 1 N–H and O–H groups in total. The van der Waals surface area contributed by atoms with Crippen LogP contribution < -0.4 is 5.32 Å². The molecular weight excluding hydrogens is 302 g/mol. The third-order valence-electron chi connectivity index (χ3n) is 10.2. The van der Waals surface area contributed by atoms with Crippen molar-refractivity contribution in [3.8, 4) is 0 Å². The summed E-state index contributed by atoms with van der Waals surface area (Å²) < 4.78 is 0. The van der Waals surface area contributed by atoms with Crippen LogP contribution in [0.1, 0.15) is 91.4 Å². The molecular formula is C24H43N. The van der Waals surface area contributed by atoms with E-state index >= 15 is 0 Å². The number of nitrogens with one attached hydrogen (secondary N) is 1. The third kappa shape index (κ3) is 2.74. The van der Waals surface area contributed by atoms with E-state index in [4.69, 9.17) is 0 Å². The zero-order chi connectivity index (χ0) is 17.7. The Morgan fingerprint density at radius 1 is 0.960 bits per heavy atom. The summed E-state index contributed by atoms with van der Waals surface area (Å²) in [5.41, 5.74) is 1.36. The van der Waals surface area contributed by atoms with Gasteiger partial charge in [-0.15, -0.1) is 0 Å². The predicted octanol–water partition coefficient (Wildman–Crippen LogP) is 6.28. The van der Waals surface area contributed by atoms with Crippen LogP contribution in [0.15, 0.2) is 0 Å². The van der Waals surface area contributed by atoms with Crippen molar-refractivity contribution in [2.24, 2.45) is 46.3 Å². The molecule has 4 aliphatic rings. The summed E-state index contributed by atoms with van der Waals surface area (Å²) >= 11 is 0. The van der Waals surface area contributed by atoms with E-state index in [1.54, 1.807) is 38.5 Å². The quantitative estimate of drug-likeness (QED) is 0.634. The maximum absolute atomic E-state index is 3.54. The van der Waals surface area contributed by atoms with Crippen molar-refractivity contribution in [3.05, 3.63) is 0 Å². The van der Waals surface area contributed by atoms with Crippen LogP contribution in [-0.2, 0) is 0 Å². The van der Waals surface area contributed by atoms with Crippen LogP contribution in [0.2, 0.25) is 0 Å². The summed E-state index contributed by atoms with van der Waals surface area (Å²) in [4.78, 5) is 0. The molecule has 7 unspecified atom stereocenters. The monoisotopic (exact) mass is 345 g/mol. The van der Waals surface area contributed by atoms with Gasteiger partial charge >= 0.3 is 0 Å². The molecule has 144 valence electrons. The van der Waals surface area contributed by atoms with Crippen LogP contribution in [0.5, 0.6) is 0 Å². The summed E-state index contributed by atoms with van der Waals surface area (Å²) in [6.45, 7) is 9.02. The molecule has 4 fully saturated rings. The summed E-state index contributed by atoms with van der Waals surface area (Å²) in [6.07, 6.45) is 16.8. The number of rotatable bonds is 3. The van der Waals surface area contributed by atoms with Crippen molar-refractivity contribution in [2.45, 2.75) is 91.4 Å². The van der Waals surface area contributed by atoms with Gasteiger partial charge in [0, 0.05) is 0 Å². The number of fused-ring (bicyclic) bond motifs is 5. The Morgan fingerprint density at radius 2 is 1.80 bits per heavy atom. The largest absolute Gasteiger partial charge is 0.319 e. The van der Waals surface area contributed by atoms with Gasteiger partial charge in [-0.3, -0.25) is 0 Å². The fourth-order valence-electron chi connectivity index (χ4n) is 8.87. The van der Waals surface area contributed by atoms with E-state index in [0.717, 1.165) is 40.9 Å². The Kier molecular flexibility index (Phi) is 5.02. The minimum absolute atomic E-state index is 0.631. The van der Waals surface area contributed by atoms with Crippen LogP contribution in [0, 0.1) is 46.3 Å². The molecule has 0 bridgehead atoms. The Hall–Kier alpha value is -0.0400. The Morgan fingerprint density at radius 3 is 2.56 bits per heavy atom. The first-order chi connectivity index (χ1) is 12.0. The molecule has 0 aromatic heterocycles. The fraction of sp³-hybridized carbons (Fsp3) is 1.00. The van der Waals surface area contributed by atoms with Gasteiger partial charge in [-0.05, 0) is 118 Å². The van der Waals surface area contributed by atoms with Gasteiger partial charge in [0.1, 0.15) is 0 Å². The van der Waals surface area contributed by atoms with Crippen molar-refractivity contribution in [1.82, 2.24) is 5.32 Å². The summed E-state index contributed by atoms with van der Waals surface area (Å²) in [5, 5.41) is 3.54. The summed E-state index contributed by atoms with van der Waals surface area (Å²) in [7, 11) is 2.17. The second-order valence-corrected chi connectivity index (χ2v) is 10.8.